The van der Waals surface area contributed by atoms with Gasteiger partial charge in [-0.15, -0.1) is 16.0 Å². The molecule has 0 aliphatic carbocycles. The minimum Gasteiger partial charge on any atom is -1.00 e. The van der Waals surface area contributed by atoms with Crippen molar-refractivity contribution < 1.29 is 49.4 Å². The van der Waals surface area contributed by atoms with Gasteiger partial charge in [0, 0.05) is 33.6 Å². The number of nitrogens with one attached hydrogen (secondary N) is 1. The number of nitriles is 1. The van der Waals surface area contributed by atoms with E-state index in [1.807, 2.05) is 26.0 Å². The highest BCUT2D eigenvalue weighted by atomic mass is 79.9. The predicted octanol–water partition coefficient (Wildman–Crippen LogP) is 2.60. The first-order valence-corrected chi connectivity index (χ1v) is 16.6. The number of halogens is 4. The molecular formula is C36H34BrF3N6O3S. The Balaban J connectivity index is 0.00000486. The lowest BCUT2D eigenvalue weighted by Gasteiger charge is -2.32. The van der Waals surface area contributed by atoms with Gasteiger partial charge in [-0.25, -0.2) is 27.5 Å². The summed E-state index contributed by atoms with van der Waals surface area (Å²) in [6, 6.07) is 13.5. The summed E-state index contributed by atoms with van der Waals surface area (Å²) in [5.41, 5.74) is 1.80. The Kier molecular flexibility index (Phi) is 11.2. The Labute approximate surface area is 301 Å². The van der Waals surface area contributed by atoms with Gasteiger partial charge in [-0.1, -0.05) is 19.1 Å². The zero-order valence-corrected chi connectivity index (χ0v) is 29.9. The molecule has 3 heterocycles. The van der Waals surface area contributed by atoms with Crippen LogP contribution in [0, 0.1) is 42.6 Å². The number of carbonyl (C=O) groups is 1. The molecule has 1 aliphatic rings. The number of thiazole rings is 1. The van der Waals surface area contributed by atoms with Crippen LogP contribution in [0.1, 0.15) is 58.5 Å². The third-order valence-corrected chi connectivity index (χ3v) is 9.89. The molecule has 9 nitrogen and oxygen atoms in total. The van der Waals surface area contributed by atoms with Crippen LogP contribution in [-0.4, -0.2) is 38.4 Å². The maximum absolute atomic E-state index is 15.3. The average Bonchev–Trinajstić information content (AvgIpc) is 3.87. The second-order valence-corrected chi connectivity index (χ2v) is 13.3. The smallest absolute Gasteiger partial charge is 0.328 e. The number of esters is 1. The molecule has 0 bridgehead atoms. The second kappa shape index (κ2) is 15.2. The molecule has 6 rings (SSSR count). The van der Waals surface area contributed by atoms with E-state index < -0.39 is 34.5 Å². The van der Waals surface area contributed by atoms with E-state index in [4.69, 9.17) is 10.00 Å². The molecule has 2 aromatic heterocycles. The summed E-state index contributed by atoms with van der Waals surface area (Å²) in [7, 11) is 0. The molecule has 3 aromatic carbocycles. The van der Waals surface area contributed by atoms with E-state index in [0.717, 1.165) is 41.6 Å². The standard InChI is InChI=1S/C36H34F3N6O3S.BrH/c1-21-11-25(12-22(2)33(21)48-35(46)31-5-4-10-41-31)16-44-19-42-45(20-44)18-36(47,27-13-29(38)30(39)14-28(27)37)23(3)34-43-32(17-49-34)26-8-6-24(15-40)7-9-26;/h6-9,11-14,17,19-20,23,31,41,47H,4-5,10,16,18H2,1-3H3;1H/q+1;/p-1/t23-,31-,36+;/m0./s1. The molecule has 1 fully saturated rings. The fourth-order valence-corrected chi connectivity index (χ4v) is 7.15. The van der Waals surface area contributed by atoms with Crippen molar-refractivity contribution in [2.75, 3.05) is 6.54 Å². The van der Waals surface area contributed by atoms with E-state index >= 15 is 4.39 Å². The summed E-state index contributed by atoms with van der Waals surface area (Å²) < 4.78 is 52.8. The van der Waals surface area contributed by atoms with Crippen molar-refractivity contribution in [3.05, 3.63) is 117 Å². The molecule has 3 atom stereocenters. The average molecular weight is 768 g/mol. The van der Waals surface area contributed by atoms with Gasteiger partial charge in [0.05, 0.1) is 28.9 Å². The zero-order chi connectivity index (χ0) is 34.9. The molecule has 14 heteroatoms. The molecule has 0 spiro atoms. The number of hydrogen-bond acceptors (Lipinski definition) is 8. The molecular weight excluding hydrogens is 733 g/mol. The van der Waals surface area contributed by atoms with Crippen molar-refractivity contribution >= 4 is 17.3 Å². The molecule has 0 amide bonds. The molecule has 0 saturated carbocycles. The highest BCUT2D eigenvalue weighted by Crippen LogP contribution is 2.42. The summed E-state index contributed by atoms with van der Waals surface area (Å²) >= 11 is 1.23. The van der Waals surface area contributed by atoms with Gasteiger partial charge in [-0.2, -0.15) is 5.26 Å². The lowest BCUT2D eigenvalue weighted by molar-refractivity contribution is -0.689. The van der Waals surface area contributed by atoms with E-state index in [-0.39, 0.29) is 35.5 Å². The van der Waals surface area contributed by atoms with E-state index in [1.54, 1.807) is 53.8 Å². The Morgan fingerprint density at radius 1 is 1.16 bits per heavy atom. The predicted molar refractivity (Wildman–Crippen MR) is 175 cm³/mol. The molecule has 0 radical (unpaired) electrons. The van der Waals surface area contributed by atoms with Crippen molar-refractivity contribution in [2.45, 2.75) is 64.3 Å². The van der Waals surface area contributed by atoms with E-state index in [1.165, 1.54) is 16.0 Å². The number of hydrogen-bond donors (Lipinski definition) is 2. The number of nitrogens with zero attached hydrogens (tertiary/aromatic N) is 5. The Hall–Kier alpha value is -4.42. The summed E-state index contributed by atoms with van der Waals surface area (Å²) in [4.78, 5) is 17.3. The van der Waals surface area contributed by atoms with Gasteiger partial charge in [0.2, 0.25) is 6.33 Å². The second-order valence-electron chi connectivity index (χ2n) is 12.4. The topological polar surface area (TPSA) is 117 Å². The van der Waals surface area contributed by atoms with Crippen LogP contribution in [0.4, 0.5) is 13.2 Å². The number of carbonyl (C=O) groups excluding carboxylic acids is 1. The molecule has 2 N–H and O–H groups in total. The summed E-state index contributed by atoms with van der Waals surface area (Å²) in [6.45, 7) is 6.25. The monoisotopic (exact) mass is 766 g/mol. The lowest BCUT2D eigenvalue weighted by Crippen LogP contribution is -3.00. The number of aliphatic hydroxyl groups is 1. The van der Waals surface area contributed by atoms with Gasteiger partial charge in [0.15, 0.2) is 11.6 Å². The van der Waals surface area contributed by atoms with Crippen LogP contribution in [0.2, 0.25) is 0 Å². The Morgan fingerprint density at radius 2 is 1.86 bits per heavy atom. The van der Waals surface area contributed by atoms with E-state index in [2.05, 4.69) is 21.5 Å². The van der Waals surface area contributed by atoms with Crippen LogP contribution >= 0.6 is 11.3 Å². The third-order valence-electron chi connectivity index (χ3n) is 8.86. The highest BCUT2D eigenvalue weighted by Gasteiger charge is 2.44. The van der Waals surface area contributed by atoms with Crippen molar-refractivity contribution in [3.63, 3.8) is 0 Å². The molecule has 5 aromatic rings. The number of benzene rings is 3. The zero-order valence-electron chi connectivity index (χ0n) is 27.5. The maximum Gasteiger partial charge on any atom is 0.328 e. The first kappa shape index (κ1) is 36.9. The summed E-state index contributed by atoms with van der Waals surface area (Å²) in [5.74, 6) is -4.43. The Morgan fingerprint density at radius 3 is 2.52 bits per heavy atom. The fraction of sp³-hybridized carbons (Fsp3) is 0.306. The largest absolute Gasteiger partial charge is 1.00 e. The number of aryl methyl sites for hydroxylation is 2. The van der Waals surface area contributed by atoms with Gasteiger partial charge >= 0.3 is 5.97 Å². The quantitative estimate of drug-likeness (QED) is 0.0973. The normalized spacial score (nSPS) is 15.9. The van der Waals surface area contributed by atoms with Crippen LogP contribution in [0.3, 0.4) is 0 Å². The summed E-state index contributed by atoms with van der Waals surface area (Å²) in [6.07, 6.45) is 4.85. The van der Waals surface area contributed by atoms with Gasteiger partial charge < -0.3 is 32.1 Å². The van der Waals surface area contributed by atoms with E-state index in [0.29, 0.717) is 40.7 Å². The summed E-state index contributed by atoms with van der Waals surface area (Å²) in [5, 5.41) is 31.1. The van der Waals surface area contributed by atoms with Gasteiger partial charge in [-0.3, -0.25) is 0 Å². The van der Waals surface area contributed by atoms with E-state index in [9.17, 15) is 18.7 Å². The highest BCUT2D eigenvalue weighted by molar-refractivity contribution is 7.10. The van der Waals surface area contributed by atoms with Gasteiger partial charge in [-0.05, 0) is 80.3 Å². The van der Waals surface area contributed by atoms with Crippen molar-refractivity contribution in [1.82, 2.24) is 20.1 Å². The molecule has 1 saturated heterocycles. The first-order chi connectivity index (χ1) is 23.4. The fourth-order valence-electron chi connectivity index (χ4n) is 6.18. The third kappa shape index (κ3) is 7.66. The van der Waals surface area contributed by atoms with Gasteiger partial charge in [0.25, 0.3) is 6.33 Å². The van der Waals surface area contributed by atoms with Crippen molar-refractivity contribution in [3.8, 4) is 23.1 Å². The number of ether oxygens (including phenoxy) is 1. The van der Waals surface area contributed by atoms with Crippen LogP contribution < -0.4 is 31.6 Å². The minimum atomic E-state index is -2.10. The lowest BCUT2D eigenvalue weighted by atomic mass is 9.82. The SMILES string of the molecule is Cc1cc(C[n+]2cnn(C[C@](O)(c3cc(F)c(F)cc3F)[C@@H](C)c3nc(-c4ccc(C#N)cc4)cs3)c2)cc(C)c1OC(=O)[C@@H]1CCCN1.[Br-]. The maximum atomic E-state index is 15.3. The molecule has 0 unspecified atom stereocenters. The van der Waals surface area contributed by atoms with Crippen molar-refractivity contribution in [2.24, 2.45) is 0 Å². The Bertz CT molecular complexity index is 2040. The number of rotatable bonds is 10. The van der Waals surface area contributed by atoms with Crippen LogP contribution in [0.25, 0.3) is 11.3 Å². The van der Waals surface area contributed by atoms with Gasteiger partial charge in [0.1, 0.15) is 29.8 Å². The molecule has 260 valence electrons. The molecule has 50 heavy (non-hydrogen) atoms. The van der Waals surface area contributed by atoms with Crippen LogP contribution in [0.15, 0.2) is 66.6 Å². The van der Waals surface area contributed by atoms with Crippen LogP contribution in [-0.2, 0) is 23.5 Å². The van der Waals surface area contributed by atoms with Crippen molar-refractivity contribution in [1.29, 1.82) is 5.26 Å². The minimum absolute atomic E-state index is 0. The van der Waals surface area contributed by atoms with Crippen LogP contribution in [0.5, 0.6) is 5.75 Å². The number of aromatic nitrogens is 4. The first-order valence-electron chi connectivity index (χ1n) is 15.7. The molecule has 1 aliphatic heterocycles.